The van der Waals surface area contributed by atoms with E-state index >= 15 is 0 Å². The highest BCUT2D eigenvalue weighted by Gasteiger charge is 2.11. The van der Waals surface area contributed by atoms with Crippen LogP contribution in [0, 0.1) is 0 Å². The second kappa shape index (κ2) is 4.26. The molecule has 0 aliphatic rings. The van der Waals surface area contributed by atoms with Crippen LogP contribution in [0.25, 0.3) is 5.52 Å². The number of pyridine rings is 1. The standard InChI is InChI=1S/C13H19N3/c1-9(2)13-15-8-12-6-4-5-11(16(12)13)7-10(3)14/h4-6,8-10H,7,14H2,1-3H3. The van der Waals surface area contributed by atoms with E-state index in [1.54, 1.807) is 0 Å². The number of hydrogen-bond acceptors (Lipinski definition) is 2. The first-order valence-corrected chi connectivity index (χ1v) is 5.80. The molecule has 1 unspecified atom stereocenters. The molecule has 0 aromatic carbocycles. The number of fused-ring (bicyclic) bond motifs is 1. The van der Waals surface area contributed by atoms with Crippen molar-refractivity contribution < 1.29 is 0 Å². The monoisotopic (exact) mass is 217 g/mol. The lowest BCUT2D eigenvalue weighted by Gasteiger charge is -2.12. The number of aromatic nitrogens is 2. The Morgan fingerprint density at radius 2 is 2.06 bits per heavy atom. The quantitative estimate of drug-likeness (QED) is 0.857. The van der Waals surface area contributed by atoms with Gasteiger partial charge in [0.15, 0.2) is 0 Å². The van der Waals surface area contributed by atoms with Crippen molar-refractivity contribution in [2.24, 2.45) is 5.73 Å². The van der Waals surface area contributed by atoms with Crippen LogP contribution in [0.4, 0.5) is 0 Å². The van der Waals surface area contributed by atoms with Crippen LogP contribution in [0.15, 0.2) is 24.4 Å². The van der Waals surface area contributed by atoms with Gasteiger partial charge in [-0.15, -0.1) is 0 Å². The lowest BCUT2D eigenvalue weighted by Crippen LogP contribution is -2.20. The number of rotatable bonds is 3. The molecule has 2 aromatic rings. The number of nitrogens with two attached hydrogens (primary N) is 1. The van der Waals surface area contributed by atoms with Crippen molar-refractivity contribution >= 4 is 5.52 Å². The van der Waals surface area contributed by atoms with E-state index in [4.69, 9.17) is 5.73 Å². The van der Waals surface area contributed by atoms with Crippen molar-refractivity contribution in [2.75, 3.05) is 0 Å². The van der Waals surface area contributed by atoms with E-state index in [1.165, 1.54) is 5.69 Å². The molecule has 0 bridgehead atoms. The van der Waals surface area contributed by atoms with Gasteiger partial charge in [0.25, 0.3) is 0 Å². The Morgan fingerprint density at radius 1 is 1.31 bits per heavy atom. The van der Waals surface area contributed by atoms with E-state index in [0.717, 1.165) is 17.8 Å². The summed E-state index contributed by atoms with van der Waals surface area (Å²) in [6.07, 6.45) is 2.81. The molecule has 0 fully saturated rings. The Bertz CT molecular complexity index is 483. The third kappa shape index (κ3) is 1.95. The summed E-state index contributed by atoms with van der Waals surface area (Å²) < 4.78 is 2.23. The third-order valence-electron chi connectivity index (χ3n) is 2.71. The van der Waals surface area contributed by atoms with Crippen LogP contribution >= 0.6 is 0 Å². The summed E-state index contributed by atoms with van der Waals surface area (Å²) in [7, 11) is 0. The maximum absolute atomic E-state index is 5.88. The molecular formula is C13H19N3. The molecule has 0 aliphatic carbocycles. The first-order chi connectivity index (χ1) is 7.59. The molecule has 0 saturated carbocycles. The first kappa shape index (κ1) is 11.1. The third-order valence-corrected chi connectivity index (χ3v) is 2.71. The minimum Gasteiger partial charge on any atom is -0.328 e. The van der Waals surface area contributed by atoms with Gasteiger partial charge in [0.2, 0.25) is 0 Å². The van der Waals surface area contributed by atoms with Gasteiger partial charge < -0.3 is 10.1 Å². The van der Waals surface area contributed by atoms with Gasteiger partial charge in [-0.05, 0) is 19.1 Å². The van der Waals surface area contributed by atoms with Crippen molar-refractivity contribution in [3.63, 3.8) is 0 Å². The van der Waals surface area contributed by atoms with Crippen molar-refractivity contribution in [2.45, 2.75) is 39.2 Å². The minimum absolute atomic E-state index is 0.174. The van der Waals surface area contributed by atoms with Crippen LogP contribution < -0.4 is 5.73 Å². The van der Waals surface area contributed by atoms with Crippen LogP contribution in [0.3, 0.4) is 0 Å². The lowest BCUT2D eigenvalue weighted by molar-refractivity contribution is 0.690. The van der Waals surface area contributed by atoms with E-state index in [2.05, 4.69) is 41.4 Å². The molecule has 2 aromatic heterocycles. The predicted molar refractivity (Wildman–Crippen MR) is 66.6 cm³/mol. The van der Waals surface area contributed by atoms with Gasteiger partial charge >= 0.3 is 0 Å². The highest BCUT2D eigenvalue weighted by atomic mass is 15.0. The molecule has 0 amide bonds. The molecule has 86 valence electrons. The van der Waals surface area contributed by atoms with E-state index < -0.39 is 0 Å². The van der Waals surface area contributed by atoms with Crippen molar-refractivity contribution in [3.05, 3.63) is 35.9 Å². The average Bonchev–Trinajstić information content (AvgIpc) is 2.61. The fraction of sp³-hybridized carbons (Fsp3) is 0.462. The summed E-state index contributed by atoms with van der Waals surface area (Å²) in [6, 6.07) is 6.46. The summed E-state index contributed by atoms with van der Waals surface area (Å²) in [4.78, 5) is 4.48. The summed E-state index contributed by atoms with van der Waals surface area (Å²) in [6.45, 7) is 6.36. The second-order valence-electron chi connectivity index (χ2n) is 4.73. The van der Waals surface area contributed by atoms with Gasteiger partial charge in [0.1, 0.15) is 5.82 Å². The van der Waals surface area contributed by atoms with Crippen LogP contribution in [0.2, 0.25) is 0 Å². The van der Waals surface area contributed by atoms with E-state index in [0.29, 0.717) is 5.92 Å². The molecule has 0 aliphatic heterocycles. The van der Waals surface area contributed by atoms with Crippen molar-refractivity contribution in [1.29, 1.82) is 0 Å². The first-order valence-electron chi connectivity index (χ1n) is 5.80. The molecule has 2 rings (SSSR count). The second-order valence-corrected chi connectivity index (χ2v) is 4.73. The van der Waals surface area contributed by atoms with E-state index in [9.17, 15) is 0 Å². The zero-order chi connectivity index (χ0) is 11.7. The van der Waals surface area contributed by atoms with E-state index in [1.807, 2.05) is 13.1 Å². The molecule has 2 heterocycles. The highest BCUT2D eigenvalue weighted by Crippen LogP contribution is 2.18. The van der Waals surface area contributed by atoms with Crippen LogP contribution in [0.1, 0.15) is 38.2 Å². The average molecular weight is 217 g/mol. The lowest BCUT2D eigenvalue weighted by atomic mass is 10.1. The Hall–Kier alpha value is -1.35. The number of imidazole rings is 1. The predicted octanol–water partition coefficient (Wildman–Crippen LogP) is 2.35. The molecule has 16 heavy (non-hydrogen) atoms. The van der Waals surface area contributed by atoms with Gasteiger partial charge in [-0.25, -0.2) is 4.98 Å². The van der Waals surface area contributed by atoms with Gasteiger partial charge in [0, 0.05) is 24.1 Å². The molecular weight excluding hydrogens is 198 g/mol. The Morgan fingerprint density at radius 3 is 2.69 bits per heavy atom. The van der Waals surface area contributed by atoms with Crippen LogP contribution in [-0.4, -0.2) is 15.4 Å². The molecule has 0 spiro atoms. The Labute approximate surface area is 96.3 Å². The summed E-state index contributed by atoms with van der Waals surface area (Å²) >= 11 is 0. The zero-order valence-corrected chi connectivity index (χ0v) is 10.1. The summed E-state index contributed by atoms with van der Waals surface area (Å²) in [5.41, 5.74) is 8.28. The van der Waals surface area contributed by atoms with Gasteiger partial charge in [0.05, 0.1) is 11.7 Å². The molecule has 0 radical (unpaired) electrons. The fourth-order valence-corrected chi connectivity index (χ4v) is 2.04. The van der Waals surface area contributed by atoms with Gasteiger partial charge in [-0.1, -0.05) is 19.9 Å². The SMILES string of the molecule is CC(N)Cc1cccc2cnc(C(C)C)n12. The van der Waals surface area contributed by atoms with Gasteiger partial charge in [-0.3, -0.25) is 0 Å². The summed E-state index contributed by atoms with van der Waals surface area (Å²) in [5, 5.41) is 0. The molecule has 3 nitrogen and oxygen atoms in total. The maximum atomic E-state index is 5.88. The Balaban J connectivity index is 2.59. The Kier molecular flexibility index (Phi) is 2.97. The topological polar surface area (TPSA) is 43.3 Å². The van der Waals surface area contributed by atoms with Crippen LogP contribution in [-0.2, 0) is 6.42 Å². The molecule has 3 heteroatoms. The number of hydrogen-bond donors (Lipinski definition) is 1. The number of nitrogens with zero attached hydrogens (tertiary/aromatic N) is 2. The molecule has 1 atom stereocenters. The highest BCUT2D eigenvalue weighted by molar-refractivity contribution is 5.48. The minimum atomic E-state index is 0.174. The fourth-order valence-electron chi connectivity index (χ4n) is 2.04. The van der Waals surface area contributed by atoms with Crippen molar-refractivity contribution in [1.82, 2.24) is 9.38 Å². The zero-order valence-electron chi connectivity index (χ0n) is 10.1. The maximum Gasteiger partial charge on any atom is 0.116 e. The smallest absolute Gasteiger partial charge is 0.116 e. The normalized spacial score (nSPS) is 13.6. The molecule has 2 N–H and O–H groups in total. The molecule has 0 saturated heterocycles. The van der Waals surface area contributed by atoms with Crippen molar-refractivity contribution in [3.8, 4) is 0 Å². The van der Waals surface area contributed by atoms with Crippen LogP contribution in [0.5, 0.6) is 0 Å². The summed E-state index contributed by atoms with van der Waals surface area (Å²) in [5.74, 6) is 1.54. The van der Waals surface area contributed by atoms with Gasteiger partial charge in [-0.2, -0.15) is 0 Å². The van der Waals surface area contributed by atoms with E-state index in [-0.39, 0.29) is 6.04 Å². The largest absolute Gasteiger partial charge is 0.328 e.